The van der Waals surface area contributed by atoms with Gasteiger partial charge in [-0.2, -0.15) is 5.10 Å². The van der Waals surface area contributed by atoms with E-state index < -0.39 is 17.7 Å². The summed E-state index contributed by atoms with van der Waals surface area (Å²) < 4.78 is 29.5. The van der Waals surface area contributed by atoms with Crippen LogP contribution in [0.2, 0.25) is 0 Å². The summed E-state index contributed by atoms with van der Waals surface area (Å²) >= 11 is 0. The third-order valence-electron chi connectivity index (χ3n) is 3.23. The van der Waals surface area contributed by atoms with Crippen LogP contribution in [0.4, 0.5) is 8.78 Å². The monoisotopic (exact) mass is 280 g/mol. The van der Waals surface area contributed by atoms with Gasteiger partial charge < -0.3 is 5.73 Å². The summed E-state index contributed by atoms with van der Waals surface area (Å²) in [5.41, 5.74) is 6.25. The first-order valence-corrected chi connectivity index (χ1v) is 6.50. The van der Waals surface area contributed by atoms with Gasteiger partial charge in [0.05, 0.1) is 0 Å². The second-order valence-corrected chi connectivity index (χ2v) is 5.12. The Balaban J connectivity index is 2.31. The quantitative estimate of drug-likeness (QED) is 0.936. The van der Waals surface area contributed by atoms with E-state index in [9.17, 15) is 8.78 Å². The molecule has 0 bridgehead atoms. The standard InChI is InChI=1S/C14H18F2N4/c1-8(2)20-12(18-7-19-20)6-11(17)13-10(15)5-4-9(3)14(13)16/h4-5,7-8,11H,6,17H2,1-3H3. The fraction of sp³-hybridized carbons (Fsp3) is 0.429. The molecule has 0 spiro atoms. The Morgan fingerprint density at radius 1 is 1.30 bits per heavy atom. The van der Waals surface area contributed by atoms with Crippen LogP contribution in [0, 0.1) is 18.6 Å². The summed E-state index contributed by atoms with van der Waals surface area (Å²) in [5.74, 6) is -0.600. The number of nitrogens with zero attached hydrogens (tertiary/aromatic N) is 3. The maximum Gasteiger partial charge on any atom is 0.138 e. The Labute approximate surface area is 116 Å². The molecular formula is C14H18F2N4. The van der Waals surface area contributed by atoms with Crippen molar-refractivity contribution in [3.8, 4) is 0 Å². The molecule has 108 valence electrons. The highest BCUT2D eigenvalue weighted by Gasteiger charge is 2.21. The summed E-state index contributed by atoms with van der Waals surface area (Å²) in [6.07, 6.45) is 1.65. The number of halogens is 2. The zero-order valence-corrected chi connectivity index (χ0v) is 11.8. The lowest BCUT2D eigenvalue weighted by Crippen LogP contribution is -2.20. The van der Waals surface area contributed by atoms with E-state index >= 15 is 0 Å². The summed E-state index contributed by atoms with van der Waals surface area (Å²) in [4.78, 5) is 4.11. The molecule has 0 aliphatic rings. The lowest BCUT2D eigenvalue weighted by Gasteiger charge is -2.16. The first kappa shape index (κ1) is 14.6. The molecule has 2 aromatic rings. The van der Waals surface area contributed by atoms with E-state index in [1.165, 1.54) is 18.5 Å². The molecule has 2 rings (SSSR count). The molecule has 0 aliphatic carbocycles. The Morgan fingerprint density at radius 2 is 2.00 bits per heavy atom. The van der Waals surface area contributed by atoms with Crippen LogP contribution in [0.15, 0.2) is 18.5 Å². The maximum absolute atomic E-state index is 14.0. The molecule has 1 heterocycles. The number of benzene rings is 1. The topological polar surface area (TPSA) is 56.7 Å². The largest absolute Gasteiger partial charge is 0.323 e. The van der Waals surface area contributed by atoms with Crippen molar-refractivity contribution in [2.45, 2.75) is 39.3 Å². The minimum Gasteiger partial charge on any atom is -0.323 e. The Morgan fingerprint density at radius 3 is 2.65 bits per heavy atom. The van der Waals surface area contributed by atoms with Crippen molar-refractivity contribution in [1.29, 1.82) is 0 Å². The van der Waals surface area contributed by atoms with Gasteiger partial charge in [0.1, 0.15) is 23.8 Å². The Hall–Kier alpha value is -1.82. The predicted molar refractivity (Wildman–Crippen MR) is 72.1 cm³/mol. The SMILES string of the molecule is Cc1ccc(F)c(C(N)Cc2ncnn2C(C)C)c1F. The molecule has 1 aromatic heterocycles. The number of hydrogen-bond acceptors (Lipinski definition) is 3. The minimum absolute atomic E-state index is 0.0942. The number of aromatic nitrogens is 3. The van der Waals surface area contributed by atoms with Gasteiger partial charge >= 0.3 is 0 Å². The molecule has 0 saturated heterocycles. The van der Waals surface area contributed by atoms with Crippen LogP contribution in [-0.4, -0.2) is 14.8 Å². The molecule has 0 amide bonds. The molecule has 0 aliphatic heterocycles. The normalized spacial score (nSPS) is 12.9. The minimum atomic E-state index is -0.795. The molecule has 20 heavy (non-hydrogen) atoms. The van der Waals surface area contributed by atoms with Crippen LogP contribution in [0.1, 0.15) is 42.9 Å². The van der Waals surface area contributed by atoms with Gasteiger partial charge in [-0.25, -0.2) is 18.4 Å². The highest BCUT2D eigenvalue weighted by molar-refractivity contribution is 5.29. The van der Waals surface area contributed by atoms with Crippen LogP contribution >= 0.6 is 0 Å². The molecule has 1 aromatic carbocycles. The van der Waals surface area contributed by atoms with Crippen LogP contribution in [0.3, 0.4) is 0 Å². The van der Waals surface area contributed by atoms with Crippen molar-refractivity contribution in [3.05, 3.63) is 47.0 Å². The number of hydrogen-bond donors (Lipinski definition) is 1. The van der Waals surface area contributed by atoms with Crippen molar-refractivity contribution in [2.24, 2.45) is 5.73 Å². The van der Waals surface area contributed by atoms with E-state index in [0.29, 0.717) is 11.4 Å². The van der Waals surface area contributed by atoms with Crippen LogP contribution in [0.25, 0.3) is 0 Å². The number of aryl methyl sites for hydroxylation is 1. The lowest BCUT2D eigenvalue weighted by molar-refractivity contribution is 0.477. The molecular weight excluding hydrogens is 262 g/mol. The van der Waals surface area contributed by atoms with Gasteiger partial charge in [-0.15, -0.1) is 0 Å². The molecule has 0 fully saturated rings. The summed E-state index contributed by atoms with van der Waals surface area (Å²) in [6.45, 7) is 5.50. The average Bonchev–Trinajstić information content (AvgIpc) is 2.82. The molecule has 0 radical (unpaired) electrons. The Kier molecular flexibility index (Phi) is 4.13. The summed E-state index contributed by atoms with van der Waals surface area (Å²) in [7, 11) is 0. The van der Waals surface area contributed by atoms with E-state index in [2.05, 4.69) is 10.1 Å². The number of rotatable bonds is 4. The molecule has 2 N–H and O–H groups in total. The van der Waals surface area contributed by atoms with E-state index in [-0.39, 0.29) is 18.0 Å². The van der Waals surface area contributed by atoms with E-state index in [1.54, 1.807) is 11.6 Å². The molecule has 1 atom stereocenters. The average molecular weight is 280 g/mol. The summed E-state index contributed by atoms with van der Waals surface area (Å²) in [6, 6.07) is 1.96. The van der Waals surface area contributed by atoms with Gasteiger partial charge in [-0.3, -0.25) is 0 Å². The van der Waals surface area contributed by atoms with Crippen molar-refractivity contribution in [3.63, 3.8) is 0 Å². The van der Waals surface area contributed by atoms with Crippen molar-refractivity contribution < 1.29 is 8.78 Å². The third-order valence-corrected chi connectivity index (χ3v) is 3.23. The molecule has 6 heteroatoms. The summed E-state index contributed by atoms with van der Waals surface area (Å²) in [5, 5.41) is 4.09. The molecule has 1 unspecified atom stereocenters. The Bertz CT molecular complexity index is 607. The fourth-order valence-corrected chi connectivity index (χ4v) is 2.17. The molecule has 0 saturated carbocycles. The fourth-order valence-electron chi connectivity index (χ4n) is 2.17. The first-order valence-electron chi connectivity index (χ1n) is 6.50. The predicted octanol–water partition coefficient (Wildman–Crippen LogP) is 2.69. The van der Waals surface area contributed by atoms with Gasteiger partial charge in [0.2, 0.25) is 0 Å². The number of nitrogens with two attached hydrogens (primary N) is 1. The second kappa shape index (κ2) is 5.66. The van der Waals surface area contributed by atoms with Gasteiger partial charge in [-0.1, -0.05) is 6.07 Å². The highest BCUT2D eigenvalue weighted by Crippen LogP contribution is 2.24. The molecule has 4 nitrogen and oxygen atoms in total. The van der Waals surface area contributed by atoms with Gasteiger partial charge in [0, 0.05) is 24.1 Å². The van der Waals surface area contributed by atoms with Gasteiger partial charge in [0.15, 0.2) is 0 Å². The van der Waals surface area contributed by atoms with Crippen molar-refractivity contribution >= 4 is 0 Å². The zero-order valence-electron chi connectivity index (χ0n) is 11.8. The van der Waals surface area contributed by atoms with E-state index in [4.69, 9.17) is 5.73 Å². The highest BCUT2D eigenvalue weighted by atomic mass is 19.1. The lowest BCUT2D eigenvalue weighted by atomic mass is 10.0. The second-order valence-electron chi connectivity index (χ2n) is 5.12. The zero-order chi connectivity index (χ0) is 14.9. The van der Waals surface area contributed by atoms with Crippen LogP contribution in [-0.2, 0) is 6.42 Å². The van der Waals surface area contributed by atoms with Crippen LogP contribution in [0.5, 0.6) is 0 Å². The first-order chi connectivity index (χ1) is 9.41. The van der Waals surface area contributed by atoms with E-state index in [0.717, 1.165) is 0 Å². The van der Waals surface area contributed by atoms with Crippen molar-refractivity contribution in [1.82, 2.24) is 14.8 Å². The van der Waals surface area contributed by atoms with Gasteiger partial charge in [-0.05, 0) is 32.4 Å². The van der Waals surface area contributed by atoms with Gasteiger partial charge in [0.25, 0.3) is 0 Å². The third kappa shape index (κ3) is 2.70. The maximum atomic E-state index is 14.0. The van der Waals surface area contributed by atoms with E-state index in [1.807, 2.05) is 13.8 Å². The van der Waals surface area contributed by atoms with Crippen LogP contribution < -0.4 is 5.73 Å². The van der Waals surface area contributed by atoms with Crippen molar-refractivity contribution in [2.75, 3.05) is 0 Å². The smallest absolute Gasteiger partial charge is 0.138 e.